The number of hydrogen-bond donors (Lipinski definition) is 1. The van der Waals surface area contributed by atoms with E-state index in [0.717, 1.165) is 16.6 Å². The van der Waals surface area contributed by atoms with Gasteiger partial charge < -0.3 is 9.67 Å². The van der Waals surface area contributed by atoms with E-state index in [1.165, 1.54) is 6.07 Å². The smallest absolute Gasteiger partial charge is 0.125 e. The van der Waals surface area contributed by atoms with E-state index < -0.39 is 0 Å². The van der Waals surface area contributed by atoms with Crippen LogP contribution in [-0.2, 0) is 0 Å². The highest BCUT2D eigenvalue weighted by molar-refractivity contribution is 5.81. The molecule has 0 fully saturated rings. The van der Waals surface area contributed by atoms with Crippen LogP contribution in [-0.4, -0.2) is 16.3 Å². The molecular formula is C14H18FNO. The number of fused-ring (bicyclic) bond motifs is 1. The third-order valence-electron chi connectivity index (χ3n) is 3.13. The summed E-state index contributed by atoms with van der Waals surface area (Å²) in [6.07, 6.45) is 0. The Morgan fingerprint density at radius 1 is 1.24 bits per heavy atom. The van der Waals surface area contributed by atoms with Crippen LogP contribution in [0.15, 0.2) is 24.3 Å². The lowest BCUT2D eigenvalue weighted by atomic mass is 10.1. The minimum atomic E-state index is -0.222. The highest BCUT2D eigenvalue weighted by Gasteiger charge is 2.16. The molecule has 0 aliphatic rings. The van der Waals surface area contributed by atoms with Gasteiger partial charge in [0, 0.05) is 23.0 Å². The molecule has 17 heavy (non-hydrogen) atoms. The van der Waals surface area contributed by atoms with Crippen LogP contribution in [0.3, 0.4) is 0 Å². The van der Waals surface area contributed by atoms with Crippen LogP contribution in [0.25, 0.3) is 10.9 Å². The molecule has 0 radical (unpaired) electrons. The summed E-state index contributed by atoms with van der Waals surface area (Å²) in [6, 6.07) is 7.11. The summed E-state index contributed by atoms with van der Waals surface area (Å²) in [6.45, 7) is 6.21. The van der Waals surface area contributed by atoms with Gasteiger partial charge in [-0.15, -0.1) is 0 Å². The van der Waals surface area contributed by atoms with E-state index in [0.29, 0.717) is 0 Å². The Morgan fingerprint density at radius 2 is 1.94 bits per heavy atom. The number of benzene rings is 1. The zero-order valence-electron chi connectivity index (χ0n) is 10.4. The molecule has 0 saturated heterocycles. The van der Waals surface area contributed by atoms with Crippen molar-refractivity contribution in [2.45, 2.75) is 32.7 Å². The SMILES string of the molecule is CC(CO)c1cc2ccc(F)cc2n1C(C)C. The van der Waals surface area contributed by atoms with Gasteiger partial charge in [0.15, 0.2) is 0 Å². The maximum atomic E-state index is 13.3. The predicted molar refractivity (Wildman–Crippen MR) is 67.8 cm³/mol. The van der Waals surface area contributed by atoms with Crippen molar-refractivity contribution in [3.8, 4) is 0 Å². The number of aliphatic hydroxyl groups excluding tert-OH is 1. The zero-order chi connectivity index (χ0) is 12.6. The zero-order valence-corrected chi connectivity index (χ0v) is 10.4. The van der Waals surface area contributed by atoms with Gasteiger partial charge in [0.2, 0.25) is 0 Å². The summed E-state index contributed by atoms with van der Waals surface area (Å²) in [5.41, 5.74) is 1.96. The van der Waals surface area contributed by atoms with Crippen LogP contribution in [0.2, 0.25) is 0 Å². The van der Waals surface area contributed by atoms with Crippen molar-refractivity contribution in [2.24, 2.45) is 0 Å². The van der Waals surface area contributed by atoms with E-state index in [-0.39, 0.29) is 24.4 Å². The summed E-state index contributed by atoms with van der Waals surface area (Å²) in [5, 5.41) is 10.3. The van der Waals surface area contributed by atoms with E-state index in [2.05, 4.69) is 18.4 Å². The first-order valence-electron chi connectivity index (χ1n) is 5.95. The third-order valence-corrected chi connectivity index (χ3v) is 3.13. The summed E-state index contributed by atoms with van der Waals surface area (Å²) in [7, 11) is 0. The number of nitrogens with zero attached hydrogens (tertiary/aromatic N) is 1. The van der Waals surface area contributed by atoms with Crippen LogP contribution in [0.4, 0.5) is 4.39 Å². The Hall–Kier alpha value is -1.35. The molecule has 0 aliphatic carbocycles. The Balaban J connectivity index is 2.71. The lowest BCUT2D eigenvalue weighted by Crippen LogP contribution is -2.10. The molecule has 1 aromatic heterocycles. The van der Waals surface area contributed by atoms with Crippen molar-refractivity contribution < 1.29 is 9.50 Å². The molecule has 3 heteroatoms. The minimum Gasteiger partial charge on any atom is -0.396 e. The molecule has 0 saturated carbocycles. The second kappa shape index (κ2) is 4.49. The van der Waals surface area contributed by atoms with Gasteiger partial charge in [-0.1, -0.05) is 6.92 Å². The summed E-state index contributed by atoms with van der Waals surface area (Å²) >= 11 is 0. The van der Waals surface area contributed by atoms with E-state index in [4.69, 9.17) is 0 Å². The minimum absolute atomic E-state index is 0.0628. The molecule has 2 aromatic rings. The molecular weight excluding hydrogens is 217 g/mol. The number of halogens is 1. The first-order valence-corrected chi connectivity index (χ1v) is 5.95. The highest BCUT2D eigenvalue weighted by atomic mass is 19.1. The standard InChI is InChI=1S/C14H18FNO/c1-9(2)16-13(10(3)8-17)6-11-4-5-12(15)7-14(11)16/h4-7,9-10,17H,8H2,1-3H3. The molecule has 0 spiro atoms. The fraction of sp³-hybridized carbons (Fsp3) is 0.429. The quantitative estimate of drug-likeness (QED) is 0.866. The summed E-state index contributed by atoms with van der Waals surface area (Å²) < 4.78 is 15.4. The molecule has 0 bridgehead atoms. The van der Waals surface area contributed by atoms with Gasteiger partial charge >= 0.3 is 0 Å². The van der Waals surface area contributed by atoms with Gasteiger partial charge in [-0.3, -0.25) is 0 Å². The van der Waals surface area contributed by atoms with Gasteiger partial charge in [0.1, 0.15) is 5.82 Å². The third kappa shape index (κ3) is 2.07. The average molecular weight is 235 g/mol. The highest BCUT2D eigenvalue weighted by Crippen LogP contribution is 2.29. The van der Waals surface area contributed by atoms with Crippen LogP contribution in [0.5, 0.6) is 0 Å². The number of rotatable bonds is 3. The first-order chi connectivity index (χ1) is 8.04. The molecule has 2 rings (SSSR count). The lowest BCUT2D eigenvalue weighted by Gasteiger charge is -2.18. The fourth-order valence-corrected chi connectivity index (χ4v) is 2.26. The predicted octanol–water partition coefficient (Wildman–Crippen LogP) is 3.46. The van der Waals surface area contributed by atoms with Crippen LogP contribution in [0.1, 0.15) is 38.4 Å². The monoisotopic (exact) mass is 235 g/mol. The van der Waals surface area contributed by atoms with Crippen molar-refractivity contribution in [3.63, 3.8) is 0 Å². The molecule has 0 aliphatic heterocycles. The summed E-state index contributed by atoms with van der Waals surface area (Å²) in [4.78, 5) is 0. The maximum Gasteiger partial charge on any atom is 0.125 e. The normalized spacial score (nSPS) is 13.5. The largest absolute Gasteiger partial charge is 0.396 e. The second-order valence-corrected chi connectivity index (χ2v) is 4.82. The van der Waals surface area contributed by atoms with Crippen molar-refractivity contribution in [3.05, 3.63) is 35.8 Å². The van der Waals surface area contributed by atoms with Crippen molar-refractivity contribution in [1.82, 2.24) is 4.57 Å². The van der Waals surface area contributed by atoms with Crippen molar-refractivity contribution >= 4 is 10.9 Å². The maximum absolute atomic E-state index is 13.3. The Bertz CT molecular complexity index is 530. The first kappa shape index (κ1) is 12.1. The van der Waals surface area contributed by atoms with E-state index in [9.17, 15) is 9.50 Å². The Kier molecular flexibility index (Phi) is 3.20. The molecule has 1 aromatic carbocycles. The molecule has 2 nitrogen and oxygen atoms in total. The van der Waals surface area contributed by atoms with Gasteiger partial charge in [-0.05, 0) is 38.1 Å². The van der Waals surface area contributed by atoms with Crippen LogP contribution >= 0.6 is 0 Å². The van der Waals surface area contributed by atoms with Crippen LogP contribution < -0.4 is 0 Å². The van der Waals surface area contributed by atoms with E-state index >= 15 is 0 Å². The molecule has 1 N–H and O–H groups in total. The lowest BCUT2D eigenvalue weighted by molar-refractivity contribution is 0.268. The van der Waals surface area contributed by atoms with E-state index in [1.807, 2.05) is 13.0 Å². The van der Waals surface area contributed by atoms with Gasteiger partial charge in [0.05, 0.1) is 12.1 Å². The van der Waals surface area contributed by atoms with Crippen molar-refractivity contribution in [2.75, 3.05) is 6.61 Å². The fourth-order valence-electron chi connectivity index (χ4n) is 2.26. The van der Waals surface area contributed by atoms with Crippen LogP contribution in [0, 0.1) is 5.82 Å². The molecule has 1 unspecified atom stereocenters. The summed E-state index contributed by atoms with van der Waals surface area (Å²) in [5.74, 6) is -0.159. The number of aromatic nitrogens is 1. The van der Waals surface area contributed by atoms with Gasteiger partial charge in [0.25, 0.3) is 0 Å². The average Bonchev–Trinajstić information content (AvgIpc) is 2.66. The van der Waals surface area contributed by atoms with Gasteiger partial charge in [-0.2, -0.15) is 0 Å². The van der Waals surface area contributed by atoms with E-state index in [1.54, 1.807) is 12.1 Å². The number of aliphatic hydroxyl groups is 1. The Morgan fingerprint density at radius 3 is 2.53 bits per heavy atom. The molecule has 1 heterocycles. The molecule has 1 atom stereocenters. The topological polar surface area (TPSA) is 25.2 Å². The second-order valence-electron chi connectivity index (χ2n) is 4.82. The molecule has 92 valence electrons. The Labute approximate surface area is 101 Å². The number of hydrogen-bond acceptors (Lipinski definition) is 1. The van der Waals surface area contributed by atoms with Crippen molar-refractivity contribution in [1.29, 1.82) is 0 Å². The van der Waals surface area contributed by atoms with Gasteiger partial charge in [-0.25, -0.2) is 4.39 Å². The molecule has 0 amide bonds.